The van der Waals surface area contributed by atoms with Gasteiger partial charge in [-0.1, -0.05) is 0 Å². The van der Waals surface area contributed by atoms with Gasteiger partial charge < -0.3 is 9.84 Å². The summed E-state index contributed by atoms with van der Waals surface area (Å²) in [6.07, 6.45) is -0.0838. The summed E-state index contributed by atoms with van der Waals surface area (Å²) in [5.41, 5.74) is -1.55. The molecule has 86 valence electrons. The molecule has 4 nitrogen and oxygen atoms in total. The molecule has 16 heavy (non-hydrogen) atoms. The summed E-state index contributed by atoms with van der Waals surface area (Å²) in [6.45, 7) is -3.35. The van der Waals surface area contributed by atoms with Gasteiger partial charge in [-0.2, -0.15) is 8.78 Å². The van der Waals surface area contributed by atoms with Crippen LogP contribution in [0.2, 0.25) is 0 Å². The Bertz CT molecular complexity index is 431. The van der Waals surface area contributed by atoms with Gasteiger partial charge in [0.15, 0.2) is 12.0 Å². The van der Waals surface area contributed by atoms with E-state index in [4.69, 9.17) is 5.11 Å². The van der Waals surface area contributed by atoms with Gasteiger partial charge in [-0.3, -0.25) is 4.79 Å². The van der Waals surface area contributed by atoms with Crippen molar-refractivity contribution in [3.05, 3.63) is 29.1 Å². The largest absolute Gasteiger partial charge is 0.478 e. The molecule has 7 heteroatoms. The molecule has 1 rings (SSSR count). The van der Waals surface area contributed by atoms with E-state index in [2.05, 4.69) is 4.74 Å². The normalized spacial score (nSPS) is 10.2. The quantitative estimate of drug-likeness (QED) is 0.808. The maximum atomic E-state index is 13.0. The maximum absolute atomic E-state index is 13.0. The van der Waals surface area contributed by atoms with E-state index in [9.17, 15) is 22.8 Å². The van der Waals surface area contributed by atoms with Crippen molar-refractivity contribution in [2.24, 2.45) is 0 Å². The van der Waals surface area contributed by atoms with E-state index in [1.807, 2.05) is 0 Å². The molecule has 0 fully saturated rings. The van der Waals surface area contributed by atoms with Crippen LogP contribution in [-0.4, -0.2) is 24.0 Å². The molecule has 0 spiro atoms. The van der Waals surface area contributed by atoms with Crippen LogP contribution in [-0.2, 0) is 0 Å². The molecule has 0 saturated heterocycles. The third-order valence-electron chi connectivity index (χ3n) is 1.70. The number of hydrogen-bond donors (Lipinski definition) is 1. The Morgan fingerprint density at radius 1 is 1.44 bits per heavy atom. The van der Waals surface area contributed by atoms with Gasteiger partial charge in [0.2, 0.25) is 0 Å². The monoisotopic (exact) mass is 234 g/mol. The van der Waals surface area contributed by atoms with E-state index >= 15 is 0 Å². The summed E-state index contributed by atoms with van der Waals surface area (Å²) in [5.74, 6) is -3.70. The average molecular weight is 234 g/mol. The lowest BCUT2D eigenvalue weighted by atomic mass is 10.1. The number of hydrogen-bond acceptors (Lipinski definition) is 3. The second-order valence-corrected chi connectivity index (χ2v) is 2.64. The highest BCUT2D eigenvalue weighted by molar-refractivity contribution is 5.95. The summed E-state index contributed by atoms with van der Waals surface area (Å²) >= 11 is 0. The van der Waals surface area contributed by atoms with E-state index in [-0.39, 0.29) is 6.29 Å². The van der Waals surface area contributed by atoms with Gasteiger partial charge in [0.05, 0.1) is 5.56 Å². The minimum Gasteiger partial charge on any atom is -0.478 e. The maximum Gasteiger partial charge on any atom is 0.387 e. The second-order valence-electron chi connectivity index (χ2n) is 2.64. The molecule has 0 bridgehead atoms. The number of halogens is 3. The van der Waals surface area contributed by atoms with Crippen molar-refractivity contribution in [2.45, 2.75) is 6.61 Å². The molecule has 0 aromatic heterocycles. The second kappa shape index (κ2) is 4.65. The first kappa shape index (κ1) is 12.0. The minimum atomic E-state index is -3.35. The SMILES string of the molecule is O=Cc1c(F)ccc(C(=O)O)c1OC(F)F. The molecule has 0 atom stereocenters. The number of carboxylic acids is 1. The zero-order chi connectivity index (χ0) is 12.3. The van der Waals surface area contributed by atoms with E-state index in [1.165, 1.54) is 0 Å². The van der Waals surface area contributed by atoms with Gasteiger partial charge in [-0.25, -0.2) is 9.18 Å². The molecule has 1 aromatic rings. The first-order chi connectivity index (χ1) is 7.47. The number of aldehydes is 1. The molecule has 0 aliphatic rings. The predicted molar refractivity (Wildman–Crippen MR) is 45.4 cm³/mol. The lowest BCUT2D eigenvalue weighted by Crippen LogP contribution is -2.11. The Balaban J connectivity index is 3.40. The van der Waals surface area contributed by atoms with Crippen molar-refractivity contribution in [1.29, 1.82) is 0 Å². The third kappa shape index (κ3) is 2.30. The number of aromatic carboxylic acids is 1. The predicted octanol–water partition coefficient (Wildman–Crippen LogP) is 1.94. The van der Waals surface area contributed by atoms with Crippen molar-refractivity contribution >= 4 is 12.3 Å². The van der Waals surface area contributed by atoms with Gasteiger partial charge in [0.25, 0.3) is 0 Å². The number of ether oxygens (including phenoxy) is 1. The fraction of sp³-hybridized carbons (Fsp3) is 0.111. The molecule has 0 saturated carbocycles. The number of carbonyl (C=O) groups is 2. The summed E-state index contributed by atoms with van der Waals surface area (Å²) in [4.78, 5) is 21.1. The third-order valence-corrected chi connectivity index (χ3v) is 1.70. The van der Waals surface area contributed by atoms with Crippen LogP contribution in [0.15, 0.2) is 12.1 Å². The van der Waals surface area contributed by atoms with Crippen LogP contribution in [0.25, 0.3) is 0 Å². The number of rotatable bonds is 4. The van der Waals surface area contributed by atoms with Crippen LogP contribution < -0.4 is 4.74 Å². The van der Waals surface area contributed by atoms with Crippen molar-refractivity contribution in [1.82, 2.24) is 0 Å². The van der Waals surface area contributed by atoms with Crippen LogP contribution in [0, 0.1) is 5.82 Å². The number of carboxylic acid groups (broad SMARTS) is 1. The first-order valence-electron chi connectivity index (χ1n) is 3.93. The van der Waals surface area contributed by atoms with Crippen molar-refractivity contribution < 1.29 is 32.6 Å². The van der Waals surface area contributed by atoms with Crippen LogP contribution in [0.3, 0.4) is 0 Å². The Kier molecular flexibility index (Phi) is 3.49. The highest BCUT2D eigenvalue weighted by Crippen LogP contribution is 2.27. The van der Waals surface area contributed by atoms with Crippen LogP contribution >= 0.6 is 0 Å². The van der Waals surface area contributed by atoms with Crippen molar-refractivity contribution in [3.63, 3.8) is 0 Å². The zero-order valence-electron chi connectivity index (χ0n) is 7.62. The molecular weight excluding hydrogens is 229 g/mol. The fourth-order valence-corrected chi connectivity index (χ4v) is 1.07. The standard InChI is InChI=1S/C9H5F3O4/c10-6-2-1-4(8(14)15)7(5(6)3-13)16-9(11)12/h1-3,9H,(H,14,15). The topological polar surface area (TPSA) is 63.6 Å². The number of carbonyl (C=O) groups excluding carboxylic acids is 1. The van der Waals surface area contributed by atoms with Crippen LogP contribution in [0.4, 0.5) is 13.2 Å². The van der Waals surface area contributed by atoms with Crippen LogP contribution in [0.1, 0.15) is 20.7 Å². The van der Waals surface area contributed by atoms with E-state index in [0.29, 0.717) is 6.07 Å². The molecule has 0 unspecified atom stereocenters. The van der Waals surface area contributed by atoms with Gasteiger partial charge >= 0.3 is 12.6 Å². The van der Waals surface area contributed by atoms with Gasteiger partial charge in [-0.15, -0.1) is 0 Å². The Hall–Kier alpha value is -2.05. The Labute approximate surface area is 87.3 Å². The highest BCUT2D eigenvalue weighted by Gasteiger charge is 2.21. The Morgan fingerprint density at radius 3 is 2.50 bits per heavy atom. The molecule has 1 aromatic carbocycles. The molecule has 1 N–H and O–H groups in total. The lowest BCUT2D eigenvalue weighted by molar-refractivity contribution is -0.0507. The summed E-state index contributed by atoms with van der Waals surface area (Å²) in [7, 11) is 0. The molecule has 0 aliphatic carbocycles. The Morgan fingerprint density at radius 2 is 2.06 bits per heavy atom. The summed E-state index contributed by atoms with van der Waals surface area (Å²) < 4.78 is 40.7. The highest BCUT2D eigenvalue weighted by atomic mass is 19.3. The smallest absolute Gasteiger partial charge is 0.387 e. The number of alkyl halides is 2. The van der Waals surface area contributed by atoms with E-state index in [1.54, 1.807) is 0 Å². The number of benzene rings is 1. The fourth-order valence-electron chi connectivity index (χ4n) is 1.07. The molecular formula is C9H5F3O4. The molecule has 0 heterocycles. The molecule has 0 radical (unpaired) electrons. The summed E-state index contributed by atoms with van der Waals surface area (Å²) in [5, 5.41) is 8.63. The first-order valence-corrected chi connectivity index (χ1v) is 3.93. The van der Waals surface area contributed by atoms with Crippen molar-refractivity contribution in [2.75, 3.05) is 0 Å². The van der Waals surface area contributed by atoms with Gasteiger partial charge in [0.1, 0.15) is 11.4 Å². The average Bonchev–Trinajstić information content (AvgIpc) is 2.16. The van der Waals surface area contributed by atoms with E-state index in [0.717, 1.165) is 6.07 Å². The zero-order valence-corrected chi connectivity index (χ0v) is 7.62. The lowest BCUT2D eigenvalue weighted by Gasteiger charge is -2.10. The van der Waals surface area contributed by atoms with Crippen molar-refractivity contribution in [3.8, 4) is 5.75 Å². The van der Waals surface area contributed by atoms with Crippen LogP contribution in [0.5, 0.6) is 5.75 Å². The molecule has 0 aliphatic heterocycles. The molecule has 0 amide bonds. The van der Waals surface area contributed by atoms with Gasteiger partial charge in [-0.05, 0) is 12.1 Å². The summed E-state index contributed by atoms with van der Waals surface area (Å²) in [6, 6.07) is 1.42. The van der Waals surface area contributed by atoms with Gasteiger partial charge in [0, 0.05) is 0 Å². The van der Waals surface area contributed by atoms with E-state index < -0.39 is 35.3 Å². The minimum absolute atomic E-state index is 0.0838.